The van der Waals surface area contributed by atoms with Gasteiger partial charge in [-0.25, -0.2) is 0 Å². The van der Waals surface area contributed by atoms with Gasteiger partial charge in [-0.3, -0.25) is 9.59 Å². The van der Waals surface area contributed by atoms with E-state index in [9.17, 15) is 35.1 Å². The lowest BCUT2D eigenvalue weighted by Crippen LogP contribution is -2.60. The van der Waals surface area contributed by atoms with E-state index in [-0.39, 0.29) is 18.5 Å². The van der Waals surface area contributed by atoms with Crippen molar-refractivity contribution < 1.29 is 49.3 Å². The van der Waals surface area contributed by atoms with Crippen LogP contribution >= 0.6 is 0 Å². The van der Waals surface area contributed by atoms with Gasteiger partial charge >= 0.3 is 5.97 Å². The van der Waals surface area contributed by atoms with Crippen molar-refractivity contribution >= 4 is 11.9 Å². The third kappa shape index (κ3) is 50.8. The SMILES string of the molecule is CCCCCCCCC/C=C/C(O)C(COC1OC(CO)C(O)C(O)C1O)NC(=O)CCCCCCCCCCCCCCC/C=C\CCCCCCCCCCCCCCOC(=O)CCCCCCCCCCCCCCCCCCC. The number of rotatable bonds is 64. The van der Waals surface area contributed by atoms with Crippen molar-refractivity contribution in [2.75, 3.05) is 19.8 Å². The van der Waals surface area contributed by atoms with Crippen LogP contribution in [-0.2, 0) is 23.8 Å². The molecule has 1 fully saturated rings. The summed E-state index contributed by atoms with van der Waals surface area (Å²) in [7, 11) is 0. The van der Waals surface area contributed by atoms with Crippen molar-refractivity contribution in [3.63, 3.8) is 0 Å². The summed E-state index contributed by atoms with van der Waals surface area (Å²) in [4.78, 5) is 25.1. The molecule has 1 aliphatic rings. The van der Waals surface area contributed by atoms with Gasteiger partial charge in [-0.2, -0.15) is 0 Å². The van der Waals surface area contributed by atoms with Crippen LogP contribution in [0.1, 0.15) is 361 Å². The third-order valence-corrected chi connectivity index (χ3v) is 17.3. The van der Waals surface area contributed by atoms with E-state index in [1.54, 1.807) is 6.08 Å². The van der Waals surface area contributed by atoms with Crippen LogP contribution in [0.5, 0.6) is 0 Å². The molecule has 0 aromatic heterocycles. The quantitative estimate of drug-likeness (QED) is 0.0195. The number of nitrogens with one attached hydrogen (secondary N) is 1. The van der Waals surface area contributed by atoms with Crippen LogP contribution < -0.4 is 5.32 Å². The van der Waals surface area contributed by atoms with E-state index < -0.39 is 49.5 Å². The molecule has 0 saturated carbocycles. The van der Waals surface area contributed by atoms with Gasteiger partial charge in [0.05, 0.1) is 32.0 Å². The average Bonchev–Trinajstić information content (AvgIpc) is 3.65. The number of carbonyl (C=O) groups excluding carboxylic acids is 2. The normalized spacial score (nSPS) is 18.2. The molecule has 7 unspecified atom stereocenters. The molecule has 11 heteroatoms. The number of carbonyl (C=O) groups is 2. The highest BCUT2D eigenvalue weighted by molar-refractivity contribution is 5.76. The molecule has 1 aliphatic heterocycles. The molecule has 490 valence electrons. The number of hydrogen-bond donors (Lipinski definition) is 6. The predicted octanol–water partition coefficient (Wildman–Crippen LogP) is 18.4. The molecule has 0 spiro atoms. The monoisotopic (exact) mass is 1180 g/mol. The van der Waals surface area contributed by atoms with Crippen LogP contribution in [0.15, 0.2) is 24.3 Å². The Kier molecular flexibility index (Phi) is 58.9. The molecule has 6 N–H and O–H groups in total. The van der Waals surface area contributed by atoms with Crippen LogP contribution in [0.4, 0.5) is 0 Å². The molecular formula is C72H137NO10. The molecule has 1 saturated heterocycles. The van der Waals surface area contributed by atoms with Gasteiger partial charge in [0.25, 0.3) is 0 Å². The second-order valence-electron chi connectivity index (χ2n) is 25.3. The molecule has 0 aromatic rings. The van der Waals surface area contributed by atoms with Gasteiger partial charge in [0.15, 0.2) is 6.29 Å². The van der Waals surface area contributed by atoms with Crippen LogP contribution in [0.3, 0.4) is 0 Å². The Balaban J connectivity index is 1.90. The Morgan fingerprint density at radius 1 is 0.434 bits per heavy atom. The standard InChI is InChI=1S/C72H137NO10/c1-3-5-7-9-11-13-14-15-16-30-34-37-40-44-48-52-56-60-68(77)81-61-57-53-49-45-41-38-35-32-29-27-25-23-21-19-17-18-20-22-24-26-28-31-33-36-39-43-47-51-55-59-67(76)73-64(65(75)58-54-50-46-42-12-10-8-6-4-2)63-82-72-71(80)70(79)69(78)66(62-74)83-72/h17,19,54,58,64-66,69-72,74-75,78-80H,3-16,18,20-53,55-57,59-63H2,1-2H3,(H,73,76)/b19-17-,58-54+. The lowest BCUT2D eigenvalue weighted by atomic mass is 9.99. The predicted molar refractivity (Wildman–Crippen MR) is 348 cm³/mol. The Morgan fingerprint density at radius 2 is 0.771 bits per heavy atom. The van der Waals surface area contributed by atoms with Crippen molar-refractivity contribution in [1.82, 2.24) is 5.32 Å². The number of allylic oxidation sites excluding steroid dienone is 3. The van der Waals surface area contributed by atoms with E-state index in [2.05, 4.69) is 31.3 Å². The first kappa shape index (κ1) is 79.2. The lowest BCUT2D eigenvalue weighted by Gasteiger charge is -2.40. The minimum Gasteiger partial charge on any atom is -0.466 e. The zero-order valence-electron chi connectivity index (χ0n) is 54.4. The molecule has 1 rings (SSSR count). The third-order valence-electron chi connectivity index (χ3n) is 17.3. The van der Waals surface area contributed by atoms with E-state index in [0.29, 0.717) is 19.4 Å². The summed E-state index contributed by atoms with van der Waals surface area (Å²) in [5.74, 6) is -0.169. The molecule has 0 aliphatic carbocycles. The van der Waals surface area contributed by atoms with E-state index in [1.807, 2.05) is 6.08 Å². The Morgan fingerprint density at radius 3 is 1.16 bits per heavy atom. The number of esters is 1. The van der Waals surface area contributed by atoms with Crippen LogP contribution in [0, 0.1) is 0 Å². The molecule has 83 heavy (non-hydrogen) atoms. The van der Waals surface area contributed by atoms with Crippen molar-refractivity contribution in [3.8, 4) is 0 Å². The number of aliphatic hydroxyl groups is 5. The molecule has 0 bridgehead atoms. The summed E-state index contributed by atoms with van der Waals surface area (Å²) < 4.78 is 16.7. The highest BCUT2D eigenvalue weighted by Gasteiger charge is 2.44. The van der Waals surface area contributed by atoms with Gasteiger partial charge in [-0.1, -0.05) is 314 Å². The smallest absolute Gasteiger partial charge is 0.305 e. The number of ether oxygens (including phenoxy) is 3. The van der Waals surface area contributed by atoms with Gasteiger partial charge < -0.3 is 45.1 Å². The van der Waals surface area contributed by atoms with Crippen LogP contribution in [-0.4, -0.2) is 100 Å². The van der Waals surface area contributed by atoms with E-state index in [1.165, 1.54) is 283 Å². The first-order valence-electron chi connectivity index (χ1n) is 36.1. The Labute approximate surface area is 511 Å². The summed E-state index contributed by atoms with van der Waals surface area (Å²) in [6.45, 7) is 4.36. The first-order chi connectivity index (χ1) is 40.7. The van der Waals surface area contributed by atoms with Crippen molar-refractivity contribution in [2.45, 2.75) is 403 Å². The average molecular weight is 1180 g/mol. The highest BCUT2D eigenvalue weighted by atomic mass is 16.7. The molecule has 7 atom stereocenters. The summed E-state index contributed by atoms with van der Waals surface area (Å²) in [5.41, 5.74) is 0. The fourth-order valence-electron chi connectivity index (χ4n) is 11.6. The second-order valence-corrected chi connectivity index (χ2v) is 25.3. The summed E-state index contributed by atoms with van der Waals surface area (Å²) in [5, 5.41) is 54.3. The van der Waals surface area contributed by atoms with Crippen molar-refractivity contribution in [3.05, 3.63) is 24.3 Å². The highest BCUT2D eigenvalue weighted by Crippen LogP contribution is 2.23. The fraction of sp³-hybridized carbons (Fsp3) is 0.917. The van der Waals surface area contributed by atoms with Crippen molar-refractivity contribution in [2.24, 2.45) is 0 Å². The molecule has 0 aromatic carbocycles. The van der Waals surface area contributed by atoms with E-state index in [4.69, 9.17) is 14.2 Å². The molecule has 0 radical (unpaired) electrons. The van der Waals surface area contributed by atoms with E-state index in [0.717, 1.165) is 51.4 Å². The zero-order chi connectivity index (χ0) is 60.2. The number of hydrogen-bond acceptors (Lipinski definition) is 10. The minimum atomic E-state index is -1.57. The molecule has 11 nitrogen and oxygen atoms in total. The van der Waals surface area contributed by atoms with Gasteiger partial charge in [0.2, 0.25) is 5.91 Å². The fourth-order valence-corrected chi connectivity index (χ4v) is 11.6. The number of amides is 1. The number of aliphatic hydroxyl groups excluding tert-OH is 5. The van der Waals surface area contributed by atoms with Crippen molar-refractivity contribution in [1.29, 1.82) is 0 Å². The molecular weight excluding hydrogens is 1040 g/mol. The molecule has 1 heterocycles. The maximum absolute atomic E-state index is 13.0. The van der Waals surface area contributed by atoms with E-state index >= 15 is 0 Å². The summed E-state index contributed by atoms with van der Waals surface area (Å²) in [6, 6.07) is -0.807. The summed E-state index contributed by atoms with van der Waals surface area (Å²) in [6.07, 6.45) is 67.6. The van der Waals surface area contributed by atoms with Gasteiger partial charge in [0, 0.05) is 12.8 Å². The van der Waals surface area contributed by atoms with Crippen LogP contribution in [0.25, 0.3) is 0 Å². The lowest BCUT2D eigenvalue weighted by molar-refractivity contribution is -0.302. The maximum Gasteiger partial charge on any atom is 0.305 e. The Bertz CT molecular complexity index is 1430. The first-order valence-corrected chi connectivity index (χ1v) is 36.1. The topological polar surface area (TPSA) is 175 Å². The maximum atomic E-state index is 13.0. The Hall–Kier alpha value is -1.86. The van der Waals surface area contributed by atoms with Gasteiger partial charge in [0.1, 0.15) is 24.4 Å². The summed E-state index contributed by atoms with van der Waals surface area (Å²) >= 11 is 0. The second kappa shape index (κ2) is 61.8. The van der Waals surface area contributed by atoms with Crippen LogP contribution in [0.2, 0.25) is 0 Å². The van der Waals surface area contributed by atoms with Gasteiger partial charge in [-0.15, -0.1) is 0 Å². The minimum absolute atomic E-state index is 0.0124. The van der Waals surface area contributed by atoms with Gasteiger partial charge in [-0.05, 0) is 57.8 Å². The number of unbranched alkanes of at least 4 members (excludes halogenated alkanes) is 48. The zero-order valence-corrected chi connectivity index (χ0v) is 54.4. The largest absolute Gasteiger partial charge is 0.466 e. The molecule has 1 amide bonds.